The quantitative estimate of drug-likeness (QED) is 0.607. The maximum absolute atomic E-state index is 3.48. The van der Waals surface area contributed by atoms with E-state index in [9.17, 15) is 0 Å². The van der Waals surface area contributed by atoms with E-state index >= 15 is 0 Å². The maximum atomic E-state index is 3.48. The molecule has 56 valence electrons. The lowest BCUT2D eigenvalue weighted by molar-refractivity contribution is 0.709. The van der Waals surface area contributed by atoms with E-state index in [-0.39, 0.29) is 0 Å². The summed E-state index contributed by atoms with van der Waals surface area (Å²) < 4.78 is 1.25. The molecule has 1 rings (SSSR count). The van der Waals surface area contributed by atoms with Gasteiger partial charge in [0, 0.05) is 4.48 Å². The first-order chi connectivity index (χ1) is 4.70. The lowest BCUT2D eigenvalue weighted by Crippen LogP contribution is -1.96. The highest BCUT2D eigenvalue weighted by Gasteiger charge is 2.06. The number of halogens is 1. The molecule has 1 aliphatic rings. The van der Waals surface area contributed by atoms with Gasteiger partial charge in [0.25, 0.3) is 0 Å². The van der Waals surface area contributed by atoms with Crippen LogP contribution in [-0.4, -0.2) is 0 Å². The Balaban J connectivity index is 2.69. The lowest BCUT2D eigenvalue weighted by atomic mass is 9.95. The standard InChI is InChI=1S/C9H13Br/c1-7(2)8-4-3-5-9(10)6-8/h5-7H,3-4H2,1-2H3. The molecule has 1 heteroatoms. The van der Waals surface area contributed by atoms with E-state index in [1.807, 2.05) is 0 Å². The van der Waals surface area contributed by atoms with E-state index in [4.69, 9.17) is 0 Å². The highest BCUT2D eigenvalue weighted by atomic mass is 79.9. The van der Waals surface area contributed by atoms with E-state index in [0.29, 0.717) is 5.92 Å². The van der Waals surface area contributed by atoms with Gasteiger partial charge >= 0.3 is 0 Å². The van der Waals surface area contributed by atoms with Gasteiger partial charge in [0.05, 0.1) is 0 Å². The number of hydrogen-bond acceptors (Lipinski definition) is 0. The first-order valence-corrected chi connectivity index (χ1v) is 4.55. The van der Waals surface area contributed by atoms with E-state index in [1.165, 1.54) is 17.3 Å². The van der Waals surface area contributed by atoms with Crippen molar-refractivity contribution >= 4 is 15.9 Å². The monoisotopic (exact) mass is 200 g/mol. The van der Waals surface area contributed by atoms with Crippen LogP contribution in [0.2, 0.25) is 0 Å². The number of allylic oxidation sites excluding steroid dienone is 4. The van der Waals surface area contributed by atoms with Crippen LogP contribution < -0.4 is 0 Å². The average Bonchev–Trinajstić information content (AvgIpc) is 1.88. The highest BCUT2D eigenvalue weighted by Crippen LogP contribution is 2.25. The van der Waals surface area contributed by atoms with E-state index in [0.717, 1.165) is 0 Å². The van der Waals surface area contributed by atoms with Crippen molar-refractivity contribution in [2.24, 2.45) is 5.92 Å². The molecular formula is C9H13Br. The molecule has 10 heavy (non-hydrogen) atoms. The molecule has 0 heterocycles. The molecule has 0 amide bonds. The van der Waals surface area contributed by atoms with Crippen LogP contribution in [0.3, 0.4) is 0 Å². The first-order valence-electron chi connectivity index (χ1n) is 3.76. The number of hydrogen-bond donors (Lipinski definition) is 0. The molecular weight excluding hydrogens is 188 g/mol. The molecule has 0 radical (unpaired) electrons. The fourth-order valence-corrected chi connectivity index (χ4v) is 1.66. The lowest BCUT2D eigenvalue weighted by Gasteiger charge is -2.13. The molecule has 0 fully saturated rings. The Kier molecular flexibility index (Phi) is 2.72. The summed E-state index contributed by atoms with van der Waals surface area (Å²) in [5.41, 5.74) is 1.56. The van der Waals surface area contributed by atoms with Crippen LogP contribution in [0.1, 0.15) is 26.7 Å². The van der Waals surface area contributed by atoms with Crippen LogP contribution in [0.25, 0.3) is 0 Å². The van der Waals surface area contributed by atoms with Gasteiger partial charge in [0.1, 0.15) is 0 Å². The van der Waals surface area contributed by atoms with Gasteiger partial charge in [-0.3, -0.25) is 0 Å². The molecule has 0 spiro atoms. The topological polar surface area (TPSA) is 0 Å². The van der Waals surface area contributed by atoms with Gasteiger partial charge in [-0.2, -0.15) is 0 Å². The van der Waals surface area contributed by atoms with Crippen molar-refractivity contribution in [3.63, 3.8) is 0 Å². The second-order valence-electron chi connectivity index (χ2n) is 3.00. The summed E-state index contributed by atoms with van der Waals surface area (Å²) in [5.74, 6) is 0.709. The van der Waals surface area contributed by atoms with Gasteiger partial charge in [-0.05, 0) is 24.8 Å². The Morgan fingerprint density at radius 1 is 1.50 bits per heavy atom. The molecule has 0 saturated carbocycles. The molecule has 1 aliphatic carbocycles. The Morgan fingerprint density at radius 3 is 2.60 bits per heavy atom. The Labute approximate surface area is 71.1 Å². The van der Waals surface area contributed by atoms with Crippen LogP contribution in [0.5, 0.6) is 0 Å². The van der Waals surface area contributed by atoms with Gasteiger partial charge in [-0.1, -0.05) is 41.4 Å². The first kappa shape index (κ1) is 8.06. The largest absolute Gasteiger partial charge is 0.0699 e. The predicted molar refractivity (Wildman–Crippen MR) is 49.2 cm³/mol. The zero-order valence-electron chi connectivity index (χ0n) is 6.52. The van der Waals surface area contributed by atoms with Crippen molar-refractivity contribution in [3.8, 4) is 0 Å². The van der Waals surface area contributed by atoms with Crippen LogP contribution in [-0.2, 0) is 0 Å². The Bertz CT molecular complexity index is 175. The van der Waals surface area contributed by atoms with Gasteiger partial charge in [0.15, 0.2) is 0 Å². The molecule has 0 aromatic heterocycles. The van der Waals surface area contributed by atoms with Crippen LogP contribution in [0, 0.1) is 5.92 Å². The van der Waals surface area contributed by atoms with Crippen LogP contribution >= 0.6 is 15.9 Å². The molecule has 0 N–H and O–H groups in total. The molecule has 0 aliphatic heterocycles. The van der Waals surface area contributed by atoms with Crippen molar-refractivity contribution in [3.05, 3.63) is 22.2 Å². The molecule has 0 nitrogen and oxygen atoms in total. The summed E-state index contributed by atoms with van der Waals surface area (Å²) >= 11 is 3.48. The second-order valence-corrected chi connectivity index (χ2v) is 3.92. The fraction of sp³-hybridized carbons (Fsp3) is 0.556. The SMILES string of the molecule is CC(C)C1=CC(Br)=CCC1. The minimum atomic E-state index is 0.709. The van der Waals surface area contributed by atoms with E-state index in [2.05, 4.69) is 41.9 Å². The molecule has 0 bridgehead atoms. The number of rotatable bonds is 1. The van der Waals surface area contributed by atoms with Crippen molar-refractivity contribution < 1.29 is 0 Å². The third-order valence-electron chi connectivity index (χ3n) is 1.84. The molecule has 0 aromatic carbocycles. The fourth-order valence-electron chi connectivity index (χ4n) is 1.14. The zero-order valence-corrected chi connectivity index (χ0v) is 8.11. The third-order valence-corrected chi connectivity index (χ3v) is 2.39. The second kappa shape index (κ2) is 3.38. The average molecular weight is 201 g/mol. The van der Waals surface area contributed by atoms with E-state index < -0.39 is 0 Å². The molecule has 0 aromatic rings. The maximum Gasteiger partial charge on any atom is 0.0135 e. The molecule has 0 unspecified atom stereocenters. The normalized spacial score (nSPS) is 18.8. The van der Waals surface area contributed by atoms with Crippen molar-refractivity contribution in [1.29, 1.82) is 0 Å². The van der Waals surface area contributed by atoms with Crippen molar-refractivity contribution in [2.75, 3.05) is 0 Å². The molecule has 0 atom stereocenters. The van der Waals surface area contributed by atoms with Gasteiger partial charge in [-0.15, -0.1) is 0 Å². The summed E-state index contributed by atoms with van der Waals surface area (Å²) in [7, 11) is 0. The minimum Gasteiger partial charge on any atom is -0.0699 e. The van der Waals surface area contributed by atoms with Gasteiger partial charge in [0.2, 0.25) is 0 Å². The summed E-state index contributed by atoms with van der Waals surface area (Å²) in [5, 5.41) is 0. The van der Waals surface area contributed by atoms with Gasteiger partial charge < -0.3 is 0 Å². The van der Waals surface area contributed by atoms with E-state index in [1.54, 1.807) is 5.57 Å². The highest BCUT2D eigenvalue weighted by molar-refractivity contribution is 9.11. The summed E-state index contributed by atoms with van der Waals surface area (Å²) in [6, 6.07) is 0. The molecule has 0 saturated heterocycles. The van der Waals surface area contributed by atoms with Crippen molar-refractivity contribution in [2.45, 2.75) is 26.7 Å². The smallest absolute Gasteiger partial charge is 0.0135 e. The Morgan fingerprint density at radius 2 is 2.20 bits per heavy atom. The van der Waals surface area contributed by atoms with Crippen molar-refractivity contribution in [1.82, 2.24) is 0 Å². The Hall–Kier alpha value is -0.0400. The van der Waals surface area contributed by atoms with Gasteiger partial charge in [-0.25, -0.2) is 0 Å². The summed E-state index contributed by atoms with van der Waals surface area (Å²) in [4.78, 5) is 0. The minimum absolute atomic E-state index is 0.709. The summed E-state index contributed by atoms with van der Waals surface area (Å²) in [6.07, 6.45) is 6.91. The van der Waals surface area contributed by atoms with Crippen LogP contribution in [0.4, 0.5) is 0 Å². The summed E-state index contributed by atoms with van der Waals surface area (Å²) in [6.45, 7) is 4.49. The van der Waals surface area contributed by atoms with Crippen LogP contribution in [0.15, 0.2) is 22.2 Å². The predicted octanol–water partition coefficient (Wildman–Crippen LogP) is 3.64. The third kappa shape index (κ3) is 1.98. The zero-order chi connectivity index (χ0) is 7.56.